The third kappa shape index (κ3) is 3.45. The van der Waals surface area contributed by atoms with Crippen molar-refractivity contribution < 1.29 is 9.53 Å². The summed E-state index contributed by atoms with van der Waals surface area (Å²) < 4.78 is 5.46. The van der Waals surface area contributed by atoms with Crippen LogP contribution in [0, 0.1) is 0 Å². The molecule has 0 bridgehead atoms. The van der Waals surface area contributed by atoms with Crippen LogP contribution >= 0.6 is 23.7 Å². The lowest BCUT2D eigenvalue weighted by Gasteiger charge is -2.34. The van der Waals surface area contributed by atoms with Crippen molar-refractivity contribution in [2.24, 2.45) is 0 Å². The minimum Gasteiger partial charge on any atom is -0.368 e. The van der Waals surface area contributed by atoms with Crippen molar-refractivity contribution in [3.63, 3.8) is 0 Å². The third-order valence-electron chi connectivity index (χ3n) is 3.22. The average molecular weight is 291 g/mol. The first-order chi connectivity index (χ1) is 8.27. The number of thiophene rings is 1. The van der Waals surface area contributed by atoms with Crippen LogP contribution < -0.4 is 10.6 Å². The predicted molar refractivity (Wildman–Crippen MR) is 75.3 cm³/mol. The Kier molecular flexibility index (Phi) is 6.08. The third-order valence-corrected chi connectivity index (χ3v) is 4.10. The Balaban J connectivity index is 0.00000162. The summed E-state index contributed by atoms with van der Waals surface area (Å²) >= 11 is 1.65. The average Bonchev–Trinajstić information content (AvgIpc) is 2.90. The normalized spacial score (nSPS) is 17.8. The van der Waals surface area contributed by atoms with Crippen LogP contribution in [0.25, 0.3) is 0 Å². The summed E-state index contributed by atoms with van der Waals surface area (Å²) in [6.07, 6.45) is 1.47. The van der Waals surface area contributed by atoms with Crippen molar-refractivity contribution in [2.75, 3.05) is 20.2 Å². The Morgan fingerprint density at radius 2 is 2.28 bits per heavy atom. The Hall–Kier alpha value is -0.620. The van der Waals surface area contributed by atoms with E-state index >= 15 is 0 Å². The van der Waals surface area contributed by atoms with Crippen LogP contribution in [0.3, 0.4) is 0 Å². The molecule has 18 heavy (non-hydrogen) atoms. The molecule has 0 unspecified atom stereocenters. The quantitative estimate of drug-likeness (QED) is 0.885. The largest absolute Gasteiger partial charge is 0.368 e. The van der Waals surface area contributed by atoms with Crippen LogP contribution in [0.15, 0.2) is 17.5 Å². The number of hydrogen-bond acceptors (Lipinski definition) is 4. The summed E-state index contributed by atoms with van der Waals surface area (Å²) in [7, 11) is 1.62. The van der Waals surface area contributed by atoms with Gasteiger partial charge in [0.15, 0.2) is 0 Å². The van der Waals surface area contributed by atoms with Crippen molar-refractivity contribution in [1.29, 1.82) is 0 Å². The van der Waals surface area contributed by atoms with Gasteiger partial charge in [-0.1, -0.05) is 6.07 Å². The molecule has 2 N–H and O–H groups in total. The molecule has 0 spiro atoms. The molecular formula is C12H19ClN2O2S. The standard InChI is InChI=1S/C12H18N2O2S.ClH/c1-16-12(4-6-13-7-5-12)11(15)14-9-10-3-2-8-17-10;/h2-3,8,13H,4-7,9H2,1H3,(H,14,15);1H. The van der Waals surface area contributed by atoms with Gasteiger partial charge >= 0.3 is 0 Å². The van der Waals surface area contributed by atoms with Crippen molar-refractivity contribution >= 4 is 29.7 Å². The molecule has 1 aliphatic rings. The van der Waals surface area contributed by atoms with Gasteiger partial charge in [-0.2, -0.15) is 0 Å². The fourth-order valence-electron chi connectivity index (χ4n) is 2.10. The first kappa shape index (κ1) is 15.4. The van der Waals surface area contributed by atoms with E-state index in [9.17, 15) is 4.79 Å². The molecule has 102 valence electrons. The van der Waals surface area contributed by atoms with E-state index in [1.807, 2.05) is 17.5 Å². The highest BCUT2D eigenvalue weighted by atomic mass is 35.5. The van der Waals surface area contributed by atoms with Gasteiger partial charge < -0.3 is 15.4 Å². The number of piperidine rings is 1. The number of hydrogen-bond donors (Lipinski definition) is 2. The smallest absolute Gasteiger partial charge is 0.252 e. The molecule has 6 heteroatoms. The van der Waals surface area contributed by atoms with Crippen LogP contribution in [-0.2, 0) is 16.1 Å². The molecule has 0 saturated carbocycles. The van der Waals surface area contributed by atoms with Gasteiger partial charge in [0.05, 0.1) is 6.54 Å². The first-order valence-corrected chi connectivity index (χ1v) is 6.71. The van der Waals surface area contributed by atoms with E-state index in [-0.39, 0.29) is 18.3 Å². The fraction of sp³-hybridized carbons (Fsp3) is 0.583. The van der Waals surface area contributed by atoms with Gasteiger partial charge in [-0.3, -0.25) is 4.79 Å². The Bertz CT molecular complexity index is 364. The highest BCUT2D eigenvalue weighted by Crippen LogP contribution is 2.22. The summed E-state index contributed by atoms with van der Waals surface area (Å²) in [5.41, 5.74) is -0.636. The maximum atomic E-state index is 12.2. The molecule has 0 aliphatic carbocycles. The zero-order valence-corrected chi connectivity index (χ0v) is 12.0. The zero-order valence-electron chi connectivity index (χ0n) is 10.4. The van der Waals surface area contributed by atoms with E-state index in [4.69, 9.17) is 4.74 Å². The van der Waals surface area contributed by atoms with E-state index in [0.717, 1.165) is 25.9 Å². The number of methoxy groups -OCH3 is 1. The molecule has 0 aromatic carbocycles. The molecule has 1 aromatic rings. The highest BCUT2D eigenvalue weighted by Gasteiger charge is 2.39. The predicted octanol–water partition coefficient (Wildman–Crippen LogP) is 1.55. The Labute approximate surface area is 118 Å². The summed E-state index contributed by atoms with van der Waals surface area (Å²) in [4.78, 5) is 13.4. The minimum absolute atomic E-state index is 0. The highest BCUT2D eigenvalue weighted by molar-refractivity contribution is 7.09. The molecule has 4 nitrogen and oxygen atoms in total. The molecular weight excluding hydrogens is 272 g/mol. The lowest BCUT2D eigenvalue weighted by molar-refractivity contribution is -0.146. The molecule has 1 aliphatic heterocycles. The van der Waals surface area contributed by atoms with Crippen LogP contribution in [0.4, 0.5) is 0 Å². The molecule has 0 radical (unpaired) electrons. The summed E-state index contributed by atoms with van der Waals surface area (Å²) in [6.45, 7) is 2.26. The van der Waals surface area contributed by atoms with E-state index in [1.165, 1.54) is 4.88 Å². The topological polar surface area (TPSA) is 50.4 Å². The van der Waals surface area contributed by atoms with Gasteiger partial charge in [0.1, 0.15) is 5.60 Å². The number of carbonyl (C=O) groups excluding carboxylic acids is 1. The number of rotatable bonds is 4. The Morgan fingerprint density at radius 1 is 1.56 bits per heavy atom. The van der Waals surface area contributed by atoms with Crippen LogP contribution in [0.2, 0.25) is 0 Å². The van der Waals surface area contributed by atoms with E-state index in [0.29, 0.717) is 6.54 Å². The summed E-state index contributed by atoms with van der Waals surface area (Å²) in [6, 6.07) is 4.01. The van der Waals surface area contributed by atoms with Crippen molar-refractivity contribution in [2.45, 2.75) is 25.0 Å². The van der Waals surface area contributed by atoms with Crippen molar-refractivity contribution in [3.8, 4) is 0 Å². The lowest BCUT2D eigenvalue weighted by Crippen LogP contribution is -2.53. The van der Waals surface area contributed by atoms with Crippen molar-refractivity contribution in [1.82, 2.24) is 10.6 Å². The van der Waals surface area contributed by atoms with Crippen LogP contribution in [-0.4, -0.2) is 31.7 Å². The SMILES string of the molecule is COC1(C(=O)NCc2cccs2)CCNCC1.Cl. The molecule has 0 atom stereocenters. The number of nitrogens with one attached hydrogen (secondary N) is 2. The van der Waals surface area contributed by atoms with Gasteiger partial charge in [-0.05, 0) is 37.4 Å². The molecule has 2 heterocycles. The number of halogens is 1. The second kappa shape index (κ2) is 7.09. The van der Waals surface area contributed by atoms with Gasteiger partial charge in [-0.25, -0.2) is 0 Å². The number of carbonyl (C=O) groups is 1. The number of ether oxygens (including phenoxy) is 1. The van der Waals surface area contributed by atoms with Gasteiger partial charge in [0.25, 0.3) is 5.91 Å². The molecule has 1 saturated heterocycles. The summed E-state index contributed by atoms with van der Waals surface area (Å²) in [5.74, 6) is 0.00917. The second-order valence-corrected chi connectivity index (χ2v) is 5.24. The van der Waals surface area contributed by atoms with Gasteiger partial charge in [0, 0.05) is 12.0 Å². The zero-order chi connectivity index (χ0) is 12.1. The Morgan fingerprint density at radius 3 is 2.83 bits per heavy atom. The van der Waals surface area contributed by atoms with Crippen LogP contribution in [0.1, 0.15) is 17.7 Å². The lowest BCUT2D eigenvalue weighted by atomic mass is 9.91. The second-order valence-electron chi connectivity index (χ2n) is 4.21. The maximum absolute atomic E-state index is 12.2. The molecule has 2 rings (SSSR count). The van der Waals surface area contributed by atoms with E-state index in [2.05, 4.69) is 10.6 Å². The van der Waals surface area contributed by atoms with E-state index in [1.54, 1.807) is 18.4 Å². The summed E-state index contributed by atoms with van der Waals surface area (Å²) in [5, 5.41) is 8.22. The van der Waals surface area contributed by atoms with Gasteiger partial charge in [-0.15, -0.1) is 23.7 Å². The number of amides is 1. The molecule has 1 amide bonds. The van der Waals surface area contributed by atoms with Crippen molar-refractivity contribution in [3.05, 3.63) is 22.4 Å². The minimum atomic E-state index is -0.636. The monoisotopic (exact) mass is 290 g/mol. The molecule has 1 aromatic heterocycles. The maximum Gasteiger partial charge on any atom is 0.252 e. The fourth-order valence-corrected chi connectivity index (χ4v) is 2.74. The molecule has 1 fully saturated rings. The van der Waals surface area contributed by atoms with Gasteiger partial charge in [0.2, 0.25) is 0 Å². The van der Waals surface area contributed by atoms with E-state index < -0.39 is 5.60 Å². The van der Waals surface area contributed by atoms with Crippen LogP contribution in [0.5, 0.6) is 0 Å². The first-order valence-electron chi connectivity index (χ1n) is 5.83.